The first kappa shape index (κ1) is 22.7. The van der Waals surface area contributed by atoms with E-state index in [-0.39, 0.29) is 11.2 Å². The Hall–Kier alpha value is -1.72. The van der Waals surface area contributed by atoms with Crippen molar-refractivity contribution in [3.05, 3.63) is 46.7 Å². The molecule has 4 aliphatic rings. The number of nitrogens with one attached hydrogen (secondary N) is 1. The molecular formula is C29H37FN2OS. The highest BCUT2D eigenvalue weighted by Crippen LogP contribution is 2.68. The van der Waals surface area contributed by atoms with Crippen LogP contribution >= 0.6 is 11.3 Å². The van der Waals surface area contributed by atoms with Gasteiger partial charge < -0.3 is 10.4 Å². The van der Waals surface area contributed by atoms with Gasteiger partial charge in [-0.1, -0.05) is 44.3 Å². The van der Waals surface area contributed by atoms with E-state index in [1.807, 2.05) is 6.07 Å². The Morgan fingerprint density at radius 3 is 2.85 bits per heavy atom. The van der Waals surface area contributed by atoms with Gasteiger partial charge in [-0.3, -0.25) is 0 Å². The predicted octanol–water partition coefficient (Wildman–Crippen LogP) is 7.45. The molecule has 2 fully saturated rings. The summed E-state index contributed by atoms with van der Waals surface area (Å²) in [7, 11) is 0. The summed E-state index contributed by atoms with van der Waals surface area (Å²) >= 11 is 1.74. The lowest BCUT2D eigenvalue weighted by Gasteiger charge is -2.57. The monoisotopic (exact) mass is 480 g/mol. The van der Waals surface area contributed by atoms with Gasteiger partial charge in [0.05, 0.1) is 10.6 Å². The summed E-state index contributed by atoms with van der Waals surface area (Å²) in [5.74, 6) is 3.14. The van der Waals surface area contributed by atoms with Crippen molar-refractivity contribution in [3.63, 3.8) is 0 Å². The molecule has 2 N–H and O–H groups in total. The molecule has 5 heteroatoms. The van der Waals surface area contributed by atoms with Crippen LogP contribution in [-0.2, 0) is 6.42 Å². The molecule has 1 heterocycles. The fourth-order valence-electron chi connectivity index (χ4n) is 8.72. The molecule has 1 aromatic carbocycles. The SMILES string of the molecule is C[C@@H](CO)[C@H]1CC[C@H]2[C@@H]3CC=C4c5sc(Nc6cccc(F)c6)nc5CC[C@]4(C)[C@H]3CC[C@]12C. The molecule has 0 aliphatic heterocycles. The molecule has 1 aromatic heterocycles. The molecular weight excluding hydrogens is 443 g/mol. The summed E-state index contributed by atoms with van der Waals surface area (Å²) in [4.78, 5) is 6.28. The largest absolute Gasteiger partial charge is 0.396 e. The fraction of sp³-hybridized carbons (Fsp3) is 0.621. The Labute approximate surface area is 206 Å². The molecule has 3 nitrogen and oxygen atoms in total. The molecule has 34 heavy (non-hydrogen) atoms. The number of aryl methyl sites for hydroxylation is 1. The highest BCUT2D eigenvalue weighted by molar-refractivity contribution is 7.16. The lowest BCUT2D eigenvalue weighted by atomic mass is 9.47. The Bertz CT molecular complexity index is 1130. The molecule has 2 saturated carbocycles. The van der Waals surface area contributed by atoms with Crippen molar-refractivity contribution in [2.24, 2.45) is 40.4 Å². The van der Waals surface area contributed by atoms with Crippen molar-refractivity contribution in [3.8, 4) is 0 Å². The number of halogens is 1. The van der Waals surface area contributed by atoms with Crippen LogP contribution in [0.4, 0.5) is 15.2 Å². The number of nitrogens with zero attached hydrogens (tertiary/aromatic N) is 1. The molecule has 4 aliphatic carbocycles. The van der Waals surface area contributed by atoms with Gasteiger partial charge in [0.1, 0.15) is 5.82 Å². The third-order valence-corrected chi connectivity index (χ3v) is 11.5. The summed E-state index contributed by atoms with van der Waals surface area (Å²) in [6, 6.07) is 6.63. The highest BCUT2D eigenvalue weighted by Gasteiger charge is 2.59. The Balaban J connectivity index is 1.30. The number of anilines is 2. The van der Waals surface area contributed by atoms with Crippen molar-refractivity contribution >= 4 is 27.7 Å². The number of rotatable bonds is 4. The van der Waals surface area contributed by atoms with Gasteiger partial charge in [0, 0.05) is 12.3 Å². The van der Waals surface area contributed by atoms with Crippen LogP contribution in [0.1, 0.15) is 69.9 Å². The quantitative estimate of drug-likeness (QED) is 0.478. The molecule has 0 saturated heterocycles. The van der Waals surface area contributed by atoms with Crippen LogP contribution in [0.25, 0.3) is 5.57 Å². The number of benzene rings is 1. The minimum Gasteiger partial charge on any atom is -0.396 e. The third-order valence-electron chi connectivity index (χ3n) is 10.4. The van der Waals surface area contributed by atoms with Gasteiger partial charge in [-0.25, -0.2) is 9.37 Å². The van der Waals surface area contributed by atoms with E-state index in [9.17, 15) is 9.50 Å². The van der Waals surface area contributed by atoms with Crippen molar-refractivity contribution < 1.29 is 9.50 Å². The second-order valence-electron chi connectivity index (χ2n) is 12.0. The Morgan fingerprint density at radius 1 is 1.21 bits per heavy atom. The summed E-state index contributed by atoms with van der Waals surface area (Å²) < 4.78 is 13.7. The summed E-state index contributed by atoms with van der Waals surface area (Å²) in [6.45, 7) is 7.66. The minimum absolute atomic E-state index is 0.223. The van der Waals surface area contributed by atoms with Crippen LogP contribution in [0.15, 0.2) is 30.3 Å². The number of aromatic nitrogens is 1. The lowest BCUT2D eigenvalue weighted by Crippen LogP contribution is -2.50. The molecule has 2 aromatic rings. The first-order chi connectivity index (χ1) is 16.3. The molecule has 0 unspecified atom stereocenters. The van der Waals surface area contributed by atoms with E-state index in [2.05, 4.69) is 32.2 Å². The zero-order chi connectivity index (χ0) is 23.7. The molecule has 182 valence electrons. The van der Waals surface area contributed by atoms with E-state index in [0.717, 1.165) is 35.0 Å². The molecule has 6 rings (SSSR count). The first-order valence-corrected chi connectivity index (χ1v) is 14.0. The van der Waals surface area contributed by atoms with Gasteiger partial charge in [0.2, 0.25) is 0 Å². The molecule has 7 atom stereocenters. The molecule has 0 spiro atoms. The van der Waals surface area contributed by atoms with E-state index in [4.69, 9.17) is 4.98 Å². The first-order valence-electron chi connectivity index (χ1n) is 13.2. The van der Waals surface area contributed by atoms with Crippen molar-refractivity contribution in [1.29, 1.82) is 0 Å². The van der Waals surface area contributed by atoms with Gasteiger partial charge in [-0.05, 0) is 109 Å². The third kappa shape index (κ3) is 3.33. The second kappa shape index (κ2) is 8.16. The predicted molar refractivity (Wildman–Crippen MR) is 138 cm³/mol. The smallest absolute Gasteiger partial charge is 0.187 e. The van der Waals surface area contributed by atoms with Crippen molar-refractivity contribution in [2.45, 2.75) is 65.7 Å². The maximum Gasteiger partial charge on any atom is 0.187 e. The number of hydrogen-bond donors (Lipinski definition) is 2. The van der Waals surface area contributed by atoms with Gasteiger partial charge >= 0.3 is 0 Å². The van der Waals surface area contributed by atoms with Gasteiger partial charge in [0.25, 0.3) is 0 Å². The standard InChI is InChI=1S/C29H37FN2OS/c1-17(16-33)21-9-10-22-20-7-8-24-26-25(12-14-29(24,3)23(20)11-13-28(21,22)2)32-27(34-26)31-19-6-4-5-18(30)15-19/h4-6,8,15,17,20-23,33H,7,9-14,16H2,1-3H3,(H,31,32)/t17-,20-,21+,22-,23-,28+,29+/m0/s1. The van der Waals surface area contributed by atoms with Crippen LogP contribution in [-0.4, -0.2) is 16.7 Å². The maximum absolute atomic E-state index is 13.7. The summed E-state index contributed by atoms with van der Waals surface area (Å²) in [6.07, 6.45) is 11.2. The van der Waals surface area contributed by atoms with E-state index >= 15 is 0 Å². The normalized spacial score (nSPS) is 37.1. The number of fused-ring (bicyclic) bond motifs is 7. The van der Waals surface area contributed by atoms with Crippen molar-refractivity contribution in [1.82, 2.24) is 4.98 Å². The van der Waals surface area contributed by atoms with Gasteiger partial charge in [0.15, 0.2) is 5.13 Å². The van der Waals surface area contributed by atoms with E-state index in [1.165, 1.54) is 66.8 Å². The van der Waals surface area contributed by atoms with Crippen molar-refractivity contribution in [2.75, 3.05) is 11.9 Å². The zero-order valence-corrected chi connectivity index (χ0v) is 21.4. The van der Waals surface area contributed by atoms with Crippen LogP contribution < -0.4 is 5.32 Å². The number of aliphatic hydroxyl groups excluding tert-OH is 1. The molecule has 0 radical (unpaired) electrons. The van der Waals surface area contributed by atoms with Gasteiger partial charge in [-0.15, -0.1) is 0 Å². The summed E-state index contributed by atoms with van der Waals surface area (Å²) in [5.41, 5.74) is 4.11. The Kier molecular flexibility index (Phi) is 5.46. The number of allylic oxidation sites excluding steroid dienone is 2. The molecule has 0 amide bonds. The fourth-order valence-corrected chi connectivity index (χ4v) is 9.93. The van der Waals surface area contributed by atoms with Crippen LogP contribution in [0.2, 0.25) is 0 Å². The average molecular weight is 481 g/mol. The molecule has 0 bridgehead atoms. The number of thiazole rings is 1. The number of hydrogen-bond acceptors (Lipinski definition) is 4. The second-order valence-corrected chi connectivity index (χ2v) is 13.0. The maximum atomic E-state index is 13.7. The van der Waals surface area contributed by atoms with E-state index in [0.29, 0.717) is 23.9 Å². The van der Waals surface area contributed by atoms with Crippen LogP contribution in [0, 0.1) is 46.2 Å². The number of aliphatic hydroxyl groups is 1. The lowest BCUT2D eigenvalue weighted by molar-refractivity contribution is -0.0430. The van der Waals surface area contributed by atoms with E-state index in [1.54, 1.807) is 17.4 Å². The van der Waals surface area contributed by atoms with Gasteiger partial charge in [-0.2, -0.15) is 0 Å². The van der Waals surface area contributed by atoms with Crippen LogP contribution in [0.5, 0.6) is 0 Å². The zero-order valence-electron chi connectivity index (χ0n) is 20.6. The topological polar surface area (TPSA) is 45.1 Å². The average Bonchev–Trinajstić information content (AvgIpc) is 3.38. The van der Waals surface area contributed by atoms with E-state index < -0.39 is 0 Å². The highest BCUT2D eigenvalue weighted by atomic mass is 32.1. The minimum atomic E-state index is -0.230. The van der Waals surface area contributed by atoms with Crippen LogP contribution in [0.3, 0.4) is 0 Å². The Morgan fingerprint density at radius 2 is 2.06 bits per heavy atom. The summed E-state index contributed by atoms with van der Waals surface area (Å²) in [5, 5.41) is 14.1.